The van der Waals surface area contributed by atoms with Gasteiger partial charge >= 0.3 is 0 Å². The molecule has 1 aliphatic rings. The zero-order chi connectivity index (χ0) is 18.8. The monoisotopic (exact) mass is 369 g/mol. The Morgan fingerprint density at radius 3 is 2.96 bits per heavy atom. The first-order valence-corrected chi connectivity index (χ1v) is 8.31. The maximum Gasteiger partial charge on any atom is 0.244 e. The van der Waals surface area contributed by atoms with Gasteiger partial charge in [-0.15, -0.1) is 10.2 Å². The molecule has 1 atom stereocenters. The van der Waals surface area contributed by atoms with Crippen LogP contribution >= 0.6 is 0 Å². The Labute approximate surface area is 153 Å². The van der Waals surface area contributed by atoms with E-state index < -0.39 is 0 Å². The molecule has 0 saturated carbocycles. The van der Waals surface area contributed by atoms with E-state index in [0.29, 0.717) is 17.1 Å². The van der Waals surface area contributed by atoms with Crippen LogP contribution in [0.5, 0.6) is 11.5 Å². The van der Waals surface area contributed by atoms with Crippen molar-refractivity contribution in [1.29, 1.82) is 0 Å². The molecule has 1 amide bonds. The smallest absolute Gasteiger partial charge is 0.244 e. The number of aromatic nitrogens is 4. The lowest BCUT2D eigenvalue weighted by Gasteiger charge is -2.14. The number of ether oxygens (including phenoxy) is 2. The number of rotatable bonds is 5. The number of nitrogens with one attached hydrogen (secondary N) is 1. The van der Waals surface area contributed by atoms with Gasteiger partial charge in [-0.2, -0.15) is 4.80 Å². The summed E-state index contributed by atoms with van der Waals surface area (Å²) in [5.74, 6) is 0.939. The van der Waals surface area contributed by atoms with Crippen molar-refractivity contribution in [2.24, 2.45) is 0 Å². The minimum Gasteiger partial charge on any atom is -0.454 e. The second-order valence-corrected chi connectivity index (χ2v) is 6.06. The van der Waals surface area contributed by atoms with Crippen LogP contribution in [0.3, 0.4) is 0 Å². The van der Waals surface area contributed by atoms with Crippen LogP contribution in [0.15, 0.2) is 42.5 Å². The van der Waals surface area contributed by atoms with Crippen molar-refractivity contribution >= 4 is 5.91 Å². The van der Waals surface area contributed by atoms with E-state index in [2.05, 4.69) is 20.7 Å². The van der Waals surface area contributed by atoms with E-state index in [1.165, 1.54) is 16.9 Å². The van der Waals surface area contributed by atoms with Crippen molar-refractivity contribution in [3.63, 3.8) is 0 Å². The summed E-state index contributed by atoms with van der Waals surface area (Å²) < 4.78 is 23.9. The van der Waals surface area contributed by atoms with Crippen molar-refractivity contribution in [2.45, 2.75) is 19.5 Å². The van der Waals surface area contributed by atoms with Crippen molar-refractivity contribution in [3.05, 3.63) is 53.8 Å². The number of hydrogen-bond acceptors (Lipinski definition) is 6. The lowest BCUT2D eigenvalue weighted by Crippen LogP contribution is -2.30. The first kappa shape index (κ1) is 17.0. The molecule has 0 radical (unpaired) electrons. The molecule has 2 heterocycles. The van der Waals surface area contributed by atoms with Gasteiger partial charge in [0.25, 0.3) is 0 Å². The number of carbonyl (C=O) groups is 1. The molecular weight excluding hydrogens is 353 g/mol. The van der Waals surface area contributed by atoms with Crippen LogP contribution in [0.1, 0.15) is 18.5 Å². The second kappa shape index (κ2) is 7.02. The fourth-order valence-electron chi connectivity index (χ4n) is 2.73. The minimum atomic E-state index is -0.390. The lowest BCUT2D eigenvalue weighted by atomic mass is 10.1. The third-order valence-corrected chi connectivity index (χ3v) is 4.09. The van der Waals surface area contributed by atoms with Gasteiger partial charge < -0.3 is 14.8 Å². The first-order valence-electron chi connectivity index (χ1n) is 8.31. The molecule has 0 saturated heterocycles. The standard InChI is InChI=1S/C18H16FN5O3/c1-11(12-5-6-15-16(8-12)27-10-26-15)20-17(25)9-24-22-18(21-23-24)13-3-2-4-14(19)7-13/h2-8,11H,9-10H2,1H3,(H,20,25). The van der Waals surface area contributed by atoms with Gasteiger partial charge in [-0.05, 0) is 42.0 Å². The average Bonchev–Trinajstić information content (AvgIpc) is 3.30. The Morgan fingerprint density at radius 2 is 2.11 bits per heavy atom. The van der Waals surface area contributed by atoms with E-state index in [0.717, 1.165) is 5.56 Å². The third-order valence-electron chi connectivity index (χ3n) is 4.09. The number of hydrogen-bond donors (Lipinski definition) is 1. The Morgan fingerprint density at radius 1 is 1.26 bits per heavy atom. The summed E-state index contributed by atoms with van der Waals surface area (Å²) in [6.45, 7) is 1.96. The number of amides is 1. The zero-order valence-electron chi connectivity index (χ0n) is 14.4. The van der Waals surface area contributed by atoms with Gasteiger partial charge in [0.1, 0.15) is 12.4 Å². The zero-order valence-corrected chi connectivity index (χ0v) is 14.4. The fraction of sp³-hybridized carbons (Fsp3) is 0.222. The van der Waals surface area contributed by atoms with E-state index in [-0.39, 0.29) is 36.9 Å². The summed E-state index contributed by atoms with van der Waals surface area (Å²) in [6.07, 6.45) is 0. The van der Waals surface area contributed by atoms with Crippen molar-refractivity contribution in [1.82, 2.24) is 25.5 Å². The Balaban J connectivity index is 1.39. The molecule has 1 N–H and O–H groups in total. The molecule has 0 aliphatic carbocycles. The summed E-state index contributed by atoms with van der Waals surface area (Å²) in [4.78, 5) is 13.4. The molecule has 3 aromatic rings. The number of nitrogens with zero attached hydrogens (tertiary/aromatic N) is 4. The molecule has 8 nitrogen and oxygen atoms in total. The van der Waals surface area contributed by atoms with E-state index in [9.17, 15) is 9.18 Å². The highest BCUT2D eigenvalue weighted by molar-refractivity contribution is 5.76. The molecule has 27 heavy (non-hydrogen) atoms. The van der Waals surface area contributed by atoms with Gasteiger partial charge in [0, 0.05) is 5.56 Å². The molecule has 138 valence electrons. The van der Waals surface area contributed by atoms with E-state index in [1.807, 2.05) is 25.1 Å². The predicted molar refractivity (Wildman–Crippen MR) is 92.3 cm³/mol. The molecule has 9 heteroatoms. The molecule has 2 aromatic carbocycles. The van der Waals surface area contributed by atoms with Crippen molar-refractivity contribution in [3.8, 4) is 22.9 Å². The SMILES string of the molecule is CC(NC(=O)Cn1nnc(-c2cccc(F)c2)n1)c1ccc2c(c1)OCO2. The third kappa shape index (κ3) is 3.71. The van der Waals surface area contributed by atoms with Crippen LogP contribution in [0, 0.1) is 5.82 Å². The van der Waals surface area contributed by atoms with Crippen molar-refractivity contribution < 1.29 is 18.7 Å². The molecule has 4 rings (SSSR count). The molecule has 1 aromatic heterocycles. The van der Waals surface area contributed by atoms with Crippen LogP contribution in [0.2, 0.25) is 0 Å². The second-order valence-electron chi connectivity index (χ2n) is 6.06. The Kier molecular flexibility index (Phi) is 4.41. The lowest BCUT2D eigenvalue weighted by molar-refractivity contribution is -0.122. The number of benzene rings is 2. The Bertz CT molecular complexity index is 991. The van der Waals surface area contributed by atoms with Gasteiger partial charge in [0.2, 0.25) is 18.5 Å². The first-order chi connectivity index (χ1) is 13.1. The molecular formula is C18H16FN5O3. The maximum atomic E-state index is 13.3. The summed E-state index contributed by atoms with van der Waals surface area (Å²) in [7, 11) is 0. The van der Waals surface area contributed by atoms with E-state index >= 15 is 0 Å². The van der Waals surface area contributed by atoms with Gasteiger partial charge in [-0.3, -0.25) is 4.79 Å². The summed E-state index contributed by atoms with van der Waals surface area (Å²) >= 11 is 0. The molecule has 1 unspecified atom stereocenters. The van der Waals surface area contributed by atoms with Gasteiger partial charge in [0.15, 0.2) is 11.5 Å². The summed E-state index contributed by atoms with van der Waals surface area (Å²) in [5.41, 5.74) is 1.38. The Hall–Kier alpha value is -3.49. The highest BCUT2D eigenvalue weighted by atomic mass is 19.1. The van der Waals surface area contributed by atoms with Crippen LogP contribution in [-0.2, 0) is 11.3 Å². The molecule has 0 spiro atoms. The highest BCUT2D eigenvalue weighted by Crippen LogP contribution is 2.34. The minimum absolute atomic E-state index is 0.1000. The topological polar surface area (TPSA) is 91.2 Å². The van der Waals surface area contributed by atoms with Gasteiger partial charge in [0.05, 0.1) is 6.04 Å². The normalized spacial score (nSPS) is 13.4. The fourth-order valence-corrected chi connectivity index (χ4v) is 2.73. The quantitative estimate of drug-likeness (QED) is 0.740. The van der Waals surface area contributed by atoms with Crippen LogP contribution in [0.4, 0.5) is 4.39 Å². The van der Waals surface area contributed by atoms with Crippen LogP contribution in [-0.4, -0.2) is 32.9 Å². The predicted octanol–water partition coefficient (Wildman–Crippen LogP) is 2.09. The van der Waals surface area contributed by atoms with E-state index in [4.69, 9.17) is 9.47 Å². The highest BCUT2D eigenvalue weighted by Gasteiger charge is 2.17. The van der Waals surface area contributed by atoms with Gasteiger partial charge in [-0.25, -0.2) is 4.39 Å². The van der Waals surface area contributed by atoms with Crippen LogP contribution in [0.25, 0.3) is 11.4 Å². The molecule has 0 fully saturated rings. The van der Waals surface area contributed by atoms with E-state index in [1.54, 1.807) is 12.1 Å². The maximum absolute atomic E-state index is 13.3. The van der Waals surface area contributed by atoms with Crippen LogP contribution < -0.4 is 14.8 Å². The largest absolute Gasteiger partial charge is 0.454 e. The number of carbonyl (C=O) groups excluding carboxylic acids is 1. The molecule has 1 aliphatic heterocycles. The summed E-state index contributed by atoms with van der Waals surface area (Å²) in [6, 6.07) is 11.2. The number of fused-ring (bicyclic) bond motifs is 1. The number of tetrazole rings is 1. The molecule has 0 bridgehead atoms. The number of halogens is 1. The average molecular weight is 369 g/mol. The van der Waals surface area contributed by atoms with Crippen molar-refractivity contribution in [2.75, 3.05) is 6.79 Å². The van der Waals surface area contributed by atoms with Gasteiger partial charge in [-0.1, -0.05) is 18.2 Å². The summed E-state index contributed by atoms with van der Waals surface area (Å²) in [5, 5.41) is 14.7.